The van der Waals surface area contributed by atoms with Crippen molar-refractivity contribution >= 4 is 17.5 Å². The fraction of sp³-hybridized carbons (Fsp3) is 0.0357. The van der Waals surface area contributed by atoms with E-state index in [0.29, 0.717) is 16.7 Å². The van der Waals surface area contributed by atoms with Crippen molar-refractivity contribution in [3.8, 4) is 0 Å². The van der Waals surface area contributed by atoms with Crippen LogP contribution in [-0.2, 0) is 11.3 Å². The molecule has 0 radical (unpaired) electrons. The number of hydrogen-bond donors (Lipinski definition) is 0. The van der Waals surface area contributed by atoms with E-state index >= 15 is 0 Å². The number of carbonyl (C=O) groups is 2. The molecule has 0 fully saturated rings. The fourth-order valence-corrected chi connectivity index (χ4v) is 3.28. The van der Waals surface area contributed by atoms with E-state index in [4.69, 9.17) is 4.84 Å². The number of hydrogen-bond acceptors (Lipinski definition) is 4. The molecule has 156 valence electrons. The van der Waals surface area contributed by atoms with Crippen LogP contribution in [0.4, 0.5) is 0 Å². The highest BCUT2D eigenvalue weighted by Crippen LogP contribution is 2.14. The maximum Gasteiger partial charge on any atom is 0.365 e. The molecular weight excluding hydrogens is 398 g/mol. The van der Waals surface area contributed by atoms with E-state index in [0.717, 1.165) is 12.0 Å². The van der Waals surface area contributed by atoms with Crippen molar-refractivity contribution in [1.29, 1.82) is 0 Å². The molecule has 0 aliphatic carbocycles. The minimum absolute atomic E-state index is 0.0747. The molecule has 0 unspecified atom stereocenters. The summed E-state index contributed by atoms with van der Waals surface area (Å²) in [4.78, 5) is 30.7. The van der Waals surface area contributed by atoms with Gasteiger partial charge in [-0.2, -0.15) is 0 Å². The second-order valence-corrected chi connectivity index (χ2v) is 7.24. The zero-order valence-corrected chi connectivity index (χ0v) is 17.3. The lowest BCUT2D eigenvalue weighted by Crippen LogP contribution is -2.17. The number of benzene rings is 4. The summed E-state index contributed by atoms with van der Waals surface area (Å²) in [6, 6.07) is 35.1. The Morgan fingerprint density at radius 1 is 0.562 bits per heavy atom. The summed E-state index contributed by atoms with van der Waals surface area (Å²) >= 11 is 0. The first kappa shape index (κ1) is 20.9. The zero-order chi connectivity index (χ0) is 22.2. The van der Waals surface area contributed by atoms with E-state index in [-0.39, 0.29) is 11.5 Å². The number of carbonyl (C=O) groups excluding carboxylic acids is 2. The molecule has 0 saturated heterocycles. The third kappa shape index (κ3) is 5.24. The van der Waals surface area contributed by atoms with Gasteiger partial charge in [0.05, 0.1) is 5.56 Å². The fourth-order valence-electron chi connectivity index (χ4n) is 3.28. The Morgan fingerprint density at radius 2 is 1.06 bits per heavy atom. The predicted molar refractivity (Wildman–Crippen MR) is 125 cm³/mol. The number of Topliss-reactive ketones (excluding diaryl/α,β-unsaturated/α-hetero) is 1. The van der Waals surface area contributed by atoms with Crippen LogP contribution in [0.1, 0.15) is 37.4 Å². The average molecular weight is 419 g/mol. The Morgan fingerprint density at radius 3 is 1.66 bits per heavy atom. The van der Waals surface area contributed by atoms with E-state index in [1.165, 1.54) is 5.56 Å². The first-order valence-corrected chi connectivity index (χ1v) is 10.3. The Bertz CT molecular complexity index is 1220. The summed E-state index contributed by atoms with van der Waals surface area (Å²) in [5.74, 6) is -0.937. The van der Waals surface area contributed by atoms with E-state index in [9.17, 15) is 9.59 Å². The monoisotopic (exact) mass is 419 g/mol. The van der Waals surface area contributed by atoms with Crippen LogP contribution in [0.15, 0.2) is 120 Å². The van der Waals surface area contributed by atoms with Gasteiger partial charge in [-0.25, -0.2) is 4.79 Å². The topological polar surface area (TPSA) is 55.7 Å². The van der Waals surface area contributed by atoms with Crippen molar-refractivity contribution in [3.05, 3.63) is 143 Å². The highest BCUT2D eigenvalue weighted by Gasteiger charge is 2.18. The maximum atomic E-state index is 13.2. The van der Waals surface area contributed by atoms with Crippen molar-refractivity contribution < 1.29 is 14.4 Å². The second kappa shape index (κ2) is 10.1. The van der Waals surface area contributed by atoms with Crippen molar-refractivity contribution in [3.63, 3.8) is 0 Å². The number of ketones is 1. The largest absolute Gasteiger partial charge is 0.365 e. The molecule has 0 aliphatic heterocycles. The van der Waals surface area contributed by atoms with E-state index in [1.54, 1.807) is 66.7 Å². The van der Waals surface area contributed by atoms with Gasteiger partial charge in [-0.1, -0.05) is 108 Å². The third-order valence-corrected chi connectivity index (χ3v) is 4.96. The van der Waals surface area contributed by atoms with Gasteiger partial charge in [0, 0.05) is 11.1 Å². The quantitative estimate of drug-likeness (QED) is 0.167. The Hall–Kier alpha value is -4.31. The first-order chi connectivity index (χ1) is 15.7. The van der Waals surface area contributed by atoms with Crippen LogP contribution >= 0.6 is 0 Å². The summed E-state index contributed by atoms with van der Waals surface area (Å²) in [5.41, 5.74) is 3.78. The molecule has 0 aromatic heterocycles. The smallest absolute Gasteiger partial charge is 0.312 e. The minimum atomic E-state index is -0.620. The molecule has 0 N–H and O–H groups in total. The van der Waals surface area contributed by atoms with Crippen LogP contribution < -0.4 is 0 Å². The lowest BCUT2D eigenvalue weighted by Gasteiger charge is -2.07. The molecule has 4 rings (SSSR count). The van der Waals surface area contributed by atoms with Crippen molar-refractivity contribution in [2.75, 3.05) is 0 Å². The van der Waals surface area contributed by atoms with Crippen molar-refractivity contribution in [2.45, 2.75) is 6.42 Å². The molecule has 32 heavy (non-hydrogen) atoms. The standard InChI is InChI=1S/C28H21NO3/c30-27(24-18-16-22(17-19-24)20-21-10-4-1-5-11-21)26(23-12-6-2-7-13-23)29-32-28(31)25-14-8-3-9-15-25/h1-19H,20H2. The van der Waals surface area contributed by atoms with Crippen LogP contribution in [0.2, 0.25) is 0 Å². The van der Waals surface area contributed by atoms with Gasteiger partial charge in [0.2, 0.25) is 5.78 Å². The molecule has 0 spiro atoms. The van der Waals surface area contributed by atoms with Gasteiger partial charge in [-0.3, -0.25) is 4.79 Å². The molecule has 0 saturated carbocycles. The second-order valence-electron chi connectivity index (χ2n) is 7.24. The highest BCUT2D eigenvalue weighted by atomic mass is 16.7. The van der Waals surface area contributed by atoms with E-state index < -0.39 is 5.97 Å². The lowest BCUT2D eigenvalue weighted by molar-refractivity contribution is 0.0516. The first-order valence-electron chi connectivity index (χ1n) is 10.3. The summed E-state index contributed by atoms with van der Waals surface area (Å²) in [7, 11) is 0. The van der Waals surface area contributed by atoms with Gasteiger partial charge in [0.15, 0.2) is 5.71 Å². The summed E-state index contributed by atoms with van der Waals surface area (Å²) in [6.07, 6.45) is 0.781. The minimum Gasteiger partial charge on any atom is -0.312 e. The number of nitrogens with zero attached hydrogens (tertiary/aromatic N) is 1. The molecule has 0 atom stereocenters. The van der Waals surface area contributed by atoms with Crippen molar-refractivity contribution in [2.24, 2.45) is 5.16 Å². The zero-order valence-electron chi connectivity index (χ0n) is 17.3. The molecule has 0 bridgehead atoms. The molecule has 4 heteroatoms. The van der Waals surface area contributed by atoms with Crippen LogP contribution in [0.5, 0.6) is 0 Å². The van der Waals surface area contributed by atoms with Crippen LogP contribution in [0.3, 0.4) is 0 Å². The normalized spacial score (nSPS) is 11.1. The van der Waals surface area contributed by atoms with Crippen LogP contribution in [-0.4, -0.2) is 17.5 Å². The molecule has 0 heterocycles. The molecule has 4 aromatic rings. The maximum absolute atomic E-state index is 13.2. The molecular formula is C28H21NO3. The van der Waals surface area contributed by atoms with Gasteiger partial charge in [-0.15, -0.1) is 0 Å². The SMILES string of the molecule is O=C(ON=C(C(=O)c1ccc(Cc2ccccc2)cc1)c1ccccc1)c1ccccc1. The molecule has 4 nitrogen and oxygen atoms in total. The third-order valence-electron chi connectivity index (χ3n) is 4.96. The summed E-state index contributed by atoms with van der Waals surface area (Å²) in [5, 5.41) is 3.95. The van der Waals surface area contributed by atoms with Gasteiger partial charge in [0.25, 0.3) is 0 Å². The Kier molecular flexibility index (Phi) is 6.63. The highest BCUT2D eigenvalue weighted by molar-refractivity contribution is 6.51. The van der Waals surface area contributed by atoms with Gasteiger partial charge < -0.3 is 4.84 Å². The lowest BCUT2D eigenvalue weighted by atomic mass is 9.98. The summed E-state index contributed by atoms with van der Waals surface area (Å²) < 4.78 is 0. The van der Waals surface area contributed by atoms with Crippen LogP contribution in [0.25, 0.3) is 0 Å². The average Bonchev–Trinajstić information content (AvgIpc) is 2.86. The molecule has 0 aliphatic rings. The molecule has 4 aromatic carbocycles. The Labute approximate surface area is 186 Å². The number of rotatable bonds is 7. The predicted octanol–water partition coefficient (Wildman–Crippen LogP) is 5.72. The van der Waals surface area contributed by atoms with Crippen molar-refractivity contribution in [1.82, 2.24) is 0 Å². The van der Waals surface area contributed by atoms with E-state index in [2.05, 4.69) is 17.3 Å². The Balaban J connectivity index is 1.57. The van der Waals surface area contributed by atoms with Crippen LogP contribution in [0, 0.1) is 0 Å². The van der Waals surface area contributed by atoms with Gasteiger partial charge in [0.1, 0.15) is 0 Å². The number of oxime groups is 1. The molecule has 0 amide bonds. The summed E-state index contributed by atoms with van der Waals surface area (Å²) in [6.45, 7) is 0. The van der Waals surface area contributed by atoms with Gasteiger partial charge in [-0.05, 0) is 29.7 Å². The van der Waals surface area contributed by atoms with Gasteiger partial charge >= 0.3 is 5.97 Å². The van der Waals surface area contributed by atoms with E-state index in [1.807, 2.05) is 36.4 Å².